The van der Waals surface area contributed by atoms with Gasteiger partial charge in [-0.25, -0.2) is 4.79 Å². The summed E-state index contributed by atoms with van der Waals surface area (Å²) in [5.41, 5.74) is -0.333. The van der Waals surface area contributed by atoms with Crippen molar-refractivity contribution in [3.8, 4) is 0 Å². The fraction of sp³-hybridized carbons (Fsp3) is 0.667. The first-order chi connectivity index (χ1) is 6.86. The number of hydrogen-bond donors (Lipinski definition) is 1. The minimum atomic E-state index is -0.608. The maximum absolute atomic E-state index is 11.3. The lowest BCUT2D eigenvalue weighted by atomic mass is 9.96. The van der Waals surface area contributed by atoms with E-state index in [4.69, 9.17) is 0 Å². The smallest absolute Gasteiger partial charge is 0.358 e. The van der Waals surface area contributed by atoms with Crippen molar-refractivity contribution in [2.75, 3.05) is 7.05 Å². The predicted octanol–water partition coefficient (Wildman–Crippen LogP) is -0.120. The van der Waals surface area contributed by atoms with Crippen LogP contribution in [0.15, 0.2) is 9.32 Å². The van der Waals surface area contributed by atoms with Gasteiger partial charge >= 0.3 is 5.76 Å². The maximum atomic E-state index is 11.3. The van der Waals surface area contributed by atoms with E-state index in [2.05, 4.69) is 15.0 Å². The Balaban J connectivity index is 3.11. The molecule has 1 aromatic rings. The van der Waals surface area contributed by atoms with E-state index in [9.17, 15) is 9.59 Å². The molecule has 0 aliphatic rings. The van der Waals surface area contributed by atoms with E-state index in [1.165, 1.54) is 11.6 Å². The second-order valence-corrected chi connectivity index (χ2v) is 4.28. The standard InChI is InChI=1S/C9H15N3O3/c1-9(2,3)7-11-15-8(14)12(7)5-6(13)10-4/h5H2,1-4H3,(H,10,13). The van der Waals surface area contributed by atoms with Gasteiger partial charge in [-0.15, -0.1) is 0 Å². The third-order valence-electron chi connectivity index (χ3n) is 1.94. The van der Waals surface area contributed by atoms with E-state index < -0.39 is 5.76 Å². The number of nitrogens with zero attached hydrogens (tertiary/aromatic N) is 2. The van der Waals surface area contributed by atoms with Gasteiger partial charge in [0.15, 0.2) is 5.82 Å². The Labute approximate surface area is 87.3 Å². The highest BCUT2D eigenvalue weighted by atomic mass is 16.5. The van der Waals surface area contributed by atoms with Gasteiger partial charge in [0, 0.05) is 12.5 Å². The molecule has 0 aliphatic heterocycles. The molecule has 1 aromatic heterocycles. The van der Waals surface area contributed by atoms with Crippen molar-refractivity contribution in [1.82, 2.24) is 15.0 Å². The van der Waals surface area contributed by atoms with Gasteiger partial charge in [0.05, 0.1) is 0 Å². The van der Waals surface area contributed by atoms with Gasteiger partial charge < -0.3 is 5.32 Å². The molecule has 0 radical (unpaired) electrons. The number of rotatable bonds is 2. The molecule has 15 heavy (non-hydrogen) atoms. The zero-order valence-electron chi connectivity index (χ0n) is 9.33. The van der Waals surface area contributed by atoms with Crippen molar-refractivity contribution in [3.05, 3.63) is 16.4 Å². The molecule has 6 heteroatoms. The molecule has 0 aliphatic carbocycles. The molecule has 0 spiro atoms. The average molecular weight is 213 g/mol. The fourth-order valence-electron chi connectivity index (χ4n) is 1.17. The lowest BCUT2D eigenvalue weighted by Gasteiger charge is -2.16. The first kappa shape index (κ1) is 11.5. The summed E-state index contributed by atoms with van der Waals surface area (Å²) >= 11 is 0. The van der Waals surface area contributed by atoms with Gasteiger partial charge in [0.2, 0.25) is 5.91 Å². The van der Waals surface area contributed by atoms with Crippen molar-refractivity contribution >= 4 is 5.91 Å². The van der Waals surface area contributed by atoms with Gasteiger partial charge in [-0.2, -0.15) is 0 Å². The number of carbonyl (C=O) groups is 1. The van der Waals surface area contributed by atoms with Gasteiger partial charge in [-0.05, 0) is 0 Å². The second kappa shape index (κ2) is 3.88. The van der Waals surface area contributed by atoms with Crippen LogP contribution in [0, 0.1) is 0 Å². The summed E-state index contributed by atoms with van der Waals surface area (Å²) in [6, 6.07) is 0. The third-order valence-corrected chi connectivity index (χ3v) is 1.94. The van der Waals surface area contributed by atoms with Crippen LogP contribution in [-0.4, -0.2) is 22.7 Å². The highest BCUT2D eigenvalue weighted by Crippen LogP contribution is 2.18. The summed E-state index contributed by atoms with van der Waals surface area (Å²) in [4.78, 5) is 22.5. The Morgan fingerprint density at radius 3 is 2.60 bits per heavy atom. The molecule has 1 N–H and O–H groups in total. The van der Waals surface area contributed by atoms with Crippen LogP contribution in [-0.2, 0) is 16.8 Å². The summed E-state index contributed by atoms with van der Waals surface area (Å²) < 4.78 is 5.78. The minimum Gasteiger partial charge on any atom is -0.358 e. The van der Waals surface area contributed by atoms with Crippen molar-refractivity contribution in [1.29, 1.82) is 0 Å². The molecule has 0 saturated heterocycles. The van der Waals surface area contributed by atoms with E-state index >= 15 is 0 Å². The van der Waals surface area contributed by atoms with Crippen molar-refractivity contribution in [2.45, 2.75) is 32.7 Å². The maximum Gasteiger partial charge on any atom is 0.442 e. The molecular formula is C9H15N3O3. The third kappa shape index (κ3) is 2.45. The zero-order chi connectivity index (χ0) is 11.6. The number of likely N-dealkylation sites (N-methyl/N-ethyl adjacent to an activating group) is 1. The van der Waals surface area contributed by atoms with Crippen LogP contribution in [0.5, 0.6) is 0 Å². The minimum absolute atomic E-state index is 0.0641. The van der Waals surface area contributed by atoms with Crippen molar-refractivity contribution < 1.29 is 9.32 Å². The molecule has 0 bridgehead atoms. The Morgan fingerprint density at radius 2 is 2.13 bits per heavy atom. The lowest BCUT2D eigenvalue weighted by Crippen LogP contribution is -2.32. The van der Waals surface area contributed by atoms with Crippen LogP contribution >= 0.6 is 0 Å². The summed E-state index contributed by atoms with van der Waals surface area (Å²) in [6.07, 6.45) is 0. The molecule has 0 atom stereocenters. The lowest BCUT2D eigenvalue weighted by molar-refractivity contribution is -0.121. The van der Waals surface area contributed by atoms with Crippen LogP contribution < -0.4 is 11.1 Å². The summed E-state index contributed by atoms with van der Waals surface area (Å²) in [5, 5.41) is 6.11. The molecule has 0 fully saturated rings. The number of carbonyl (C=O) groups excluding carboxylic acids is 1. The van der Waals surface area contributed by atoms with Crippen LogP contribution in [0.4, 0.5) is 0 Å². The number of nitrogens with one attached hydrogen (secondary N) is 1. The van der Waals surface area contributed by atoms with Crippen molar-refractivity contribution in [2.24, 2.45) is 0 Å². The summed E-state index contributed by atoms with van der Waals surface area (Å²) in [5.74, 6) is -0.398. The molecule has 0 unspecified atom stereocenters. The number of aromatic nitrogens is 2. The second-order valence-electron chi connectivity index (χ2n) is 4.28. The predicted molar refractivity (Wildman–Crippen MR) is 53.5 cm³/mol. The molecule has 6 nitrogen and oxygen atoms in total. The monoisotopic (exact) mass is 213 g/mol. The van der Waals surface area contributed by atoms with E-state index in [-0.39, 0.29) is 17.9 Å². The normalized spacial score (nSPS) is 11.5. The Kier molecular flexibility index (Phi) is 2.97. The van der Waals surface area contributed by atoms with Crippen LogP contribution in [0.1, 0.15) is 26.6 Å². The van der Waals surface area contributed by atoms with E-state index in [1.807, 2.05) is 20.8 Å². The van der Waals surface area contributed by atoms with Gasteiger partial charge in [-0.1, -0.05) is 25.9 Å². The van der Waals surface area contributed by atoms with Gasteiger partial charge in [0.1, 0.15) is 6.54 Å². The van der Waals surface area contributed by atoms with Crippen molar-refractivity contribution in [3.63, 3.8) is 0 Å². The Hall–Kier alpha value is -1.59. The van der Waals surface area contributed by atoms with Crippen LogP contribution in [0.3, 0.4) is 0 Å². The molecule has 1 heterocycles. The summed E-state index contributed by atoms with van der Waals surface area (Å²) in [7, 11) is 1.51. The SMILES string of the molecule is CNC(=O)Cn1c(C(C)(C)C)noc1=O. The first-order valence-electron chi connectivity index (χ1n) is 4.64. The van der Waals surface area contributed by atoms with Gasteiger partial charge in [0.25, 0.3) is 0 Å². The highest BCUT2D eigenvalue weighted by molar-refractivity contribution is 5.75. The zero-order valence-corrected chi connectivity index (χ0v) is 9.33. The largest absolute Gasteiger partial charge is 0.442 e. The summed E-state index contributed by atoms with van der Waals surface area (Å²) in [6.45, 7) is 5.62. The molecular weight excluding hydrogens is 198 g/mol. The van der Waals surface area contributed by atoms with Gasteiger partial charge in [-0.3, -0.25) is 13.9 Å². The average Bonchev–Trinajstić information content (AvgIpc) is 2.47. The quantitative estimate of drug-likeness (QED) is 0.743. The van der Waals surface area contributed by atoms with E-state index in [1.54, 1.807) is 0 Å². The molecule has 0 saturated carbocycles. The Morgan fingerprint density at radius 1 is 1.53 bits per heavy atom. The molecule has 1 rings (SSSR count). The number of amides is 1. The Bertz CT molecular complexity index is 411. The molecule has 1 amide bonds. The number of hydrogen-bond acceptors (Lipinski definition) is 4. The highest BCUT2D eigenvalue weighted by Gasteiger charge is 2.24. The van der Waals surface area contributed by atoms with Crippen LogP contribution in [0.2, 0.25) is 0 Å². The molecule has 0 aromatic carbocycles. The first-order valence-corrected chi connectivity index (χ1v) is 4.64. The van der Waals surface area contributed by atoms with Crippen LogP contribution in [0.25, 0.3) is 0 Å². The molecule has 84 valence electrons. The topological polar surface area (TPSA) is 77.1 Å². The van der Waals surface area contributed by atoms with E-state index in [0.29, 0.717) is 5.82 Å². The fourth-order valence-corrected chi connectivity index (χ4v) is 1.17. The van der Waals surface area contributed by atoms with E-state index in [0.717, 1.165) is 0 Å².